The molecule has 0 aliphatic carbocycles. The Morgan fingerprint density at radius 2 is 1.65 bits per heavy atom. The maximum atomic E-state index is 6.19. The molecule has 2 aromatic heterocycles. The zero-order valence-electron chi connectivity index (χ0n) is 12.8. The van der Waals surface area contributed by atoms with Crippen LogP contribution in [0.15, 0.2) is 60.9 Å². The van der Waals surface area contributed by atoms with Gasteiger partial charge >= 0.3 is 0 Å². The Balaban J connectivity index is 1.98. The van der Waals surface area contributed by atoms with Gasteiger partial charge in [-0.1, -0.05) is 12.1 Å². The minimum atomic E-state index is 0.553. The van der Waals surface area contributed by atoms with Crippen molar-refractivity contribution in [2.75, 3.05) is 0 Å². The molecule has 0 saturated heterocycles. The monoisotopic (exact) mass is 299 g/mol. The van der Waals surface area contributed by atoms with Crippen molar-refractivity contribution >= 4 is 21.7 Å². The van der Waals surface area contributed by atoms with E-state index < -0.39 is 0 Å². The van der Waals surface area contributed by atoms with E-state index in [1.165, 1.54) is 27.4 Å². The van der Waals surface area contributed by atoms with Crippen LogP contribution in [-0.2, 0) is 6.73 Å². The summed E-state index contributed by atoms with van der Waals surface area (Å²) in [5.74, 6) is 0.977. The Labute approximate surface area is 133 Å². The van der Waals surface area contributed by atoms with Gasteiger partial charge in [0.25, 0.3) is 6.73 Å². The van der Waals surface area contributed by atoms with Crippen LogP contribution < -0.4 is 9.30 Å². The molecule has 0 N–H and O–H groups in total. The van der Waals surface area contributed by atoms with Crippen LogP contribution in [0.3, 0.4) is 0 Å². The smallest absolute Gasteiger partial charge is 0.292 e. The standard InChI is InChI=1S/C20H15N2O/c1-13-2-3-16-5-4-15-6-7-17(14-8-10-21-11-9-14)20-18(15)19(16)22(13)12-23-20/h2-11H,12H2,1H3/q+1. The fraction of sp³-hybridized carbons (Fsp3) is 0.100. The zero-order valence-corrected chi connectivity index (χ0v) is 12.8. The molecule has 2 aromatic carbocycles. The van der Waals surface area contributed by atoms with Gasteiger partial charge < -0.3 is 4.74 Å². The van der Waals surface area contributed by atoms with Gasteiger partial charge in [0.1, 0.15) is 5.75 Å². The van der Waals surface area contributed by atoms with Crippen molar-refractivity contribution in [3.63, 3.8) is 0 Å². The van der Waals surface area contributed by atoms with Gasteiger partial charge in [0.2, 0.25) is 5.52 Å². The van der Waals surface area contributed by atoms with Gasteiger partial charge in [-0.2, -0.15) is 4.57 Å². The number of aryl methyl sites for hydroxylation is 1. The van der Waals surface area contributed by atoms with Crippen LogP contribution in [-0.4, -0.2) is 4.98 Å². The van der Waals surface area contributed by atoms with E-state index in [0.29, 0.717) is 6.73 Å². The summed E-state index contributed by atoms with van der Waals surface area (Å²) in [6.07, 6.45) is 3.64. The molecule has 0 spiro atoms. The molecular weight excluding hydrogens is 284 g/mol. The average molecular weight is 299 g/mol. The number of pyridine rings is 2. The summed E-state index contributed by atoms with van der Waals surface area (Å²) in [5.41, 5.74) is 4.74. The first kappa shape index (κ1) is 12.6. The van der Waals surface area contributed by atoms with Crippen molar-refractivity contribution in [2.24, 2.45) is 0 Å². The second kappa shape index (κ2) is 4.53. The third kappa shape index (κ3) is 1.70. The van der Waals surface area contributed by atoms with Gasteiger partial charge in [-0.05, 0) is 41.3 Å². The van der Waals surface area contributed by atoms with E-state index in [-0.39, 0.29) is 0 Å². The fourth-order valence-electron chi connectivity index (χ4n) is 3.49. The van der Waals surface area contributed by atoms with Crippen LogP contribution in [0, 0.1) is 6.92 Å². The minimum Gasteiger partial charge on any atom is -0.434 e. The molecular formula is C20H15N2O+. The molecule has 3 heteroatoms. The lowest BCUT2D eigenvalue weighted by atomic mass is 9.97. The topological polar surface area (TPSA) is 26.0 Å². The number of ether oxygens (including phenoxy) is 1. The van der Waals surface area contributed by atoms with Gasteiger partial charge in [0.05, 0.1) is 5.39 Å². The van der Waals surface area contributed by atoms with Crippen molar-refractivity contribution in [3.05, 3.63) is 66.6 Å². The van der Waals surface area contributed by atoms with E-state index in [4.69, 9.17) is 4.74 Å². The first-order valence-electron chi connectivity index (χ1n) is 7.75. The lowest BCUT2D eigenvalue weighted by Gasteiger charge is -2.19. The van der Waals surface area contributed by atoms with Crippen molar-refractivity contribution in [1.82, 2.24) is 4.98 Å². The Hall–Kier alpha value is -2.94. The van der Waals surface area contributed by atoms with Crippen molar-refractivity contribution in [1.29, 1.82) is 0 Å². The SMILES string of the molecule is Cc1ccc2ccc3ccc(-c4ccncc4)c4c3c2[n+]1CO4. The number of rotatable bonds is 1. The summed E-state index contributed by atoms with van der Waals surface area (Å²) in [6.45, 7) is 2.68. The number of aromatic nitrogens is 2. The van der Waals surface area contributed by atoms with Crippen LogP contribution >= 0.6 is 0 Å². The summed E-state index contributed by atoms with van der Waals surface area (Å²) < 4.78 is 8.45. The zero-order chi connectivity index (χ0) is 15.4. The van der Waals surface area contributed by atoms with Crippen LogP contribution in [0.1, 0.15) is 5.69 Å². The lowest BCUT2D eigenvalue weighted by Crippen LogP contribution is -2.42. The first-order valence-corrected chi connectivity index (χ1v) is 7.75. The maximum absolute atomic E-state index is 6.19. The lowest BCUT2D eigenvalue weighted by molar-refractivity contribution is -0.707. The molecule has 5 rings (SSSR count). The van der Waals surface area contributed by atoms with E-state index >= 15 is 0 Å². The van der Waals surface area contributed by atoms with E-state index in [9.17, 15) is 0 Å². The predicted octanol–water partition coefficient (Wildman–Crippen LogP) is 4.00. The summed E-state index contributed by atoms with van der Waals surface area (Å²) in [4.78, 5) is 4.12. The molecule has 0 amide bonds. The third-order valence-corrected chi connectivity index (χ3v) is 4.67. The molecule has 0 fully saturated rings. The van der Waals surface area contributed by atoms with E-state index in [2.05, 4.69) is 52.9 Å². The van der Waals surface area contributed by atoms with Crippen LogP contribution in [0.25, 0.3) is 32.8 Å². The third-order valence-electron chi connectivity index (χ3n) is 4.67. The second-order valence-electron chi connectivity index (χ2n) is 5.96. The minimum absolute atomic E-state index is 0.553. The van der Waals surface area contributed by atoms with Gasteiger partial charge in [-0.25, -0.2) is 0 Å². The first-order chi connectivity index (χ1) is 11.3. The fourth-order valence-corrected chi connectivity index (χ4v) is 3.49. The summed E-state index contributed by atoms with van der Waals surface area (Å²) >= 11 is 0. The van der Waals surface area contributed by atoms with Crippen LogP contribution in [0.4, 0.5) is 0 Å². The molecule has 0 unspecified atom stereocenters. The molecule has 0 saturated carbocycles. The number of hydrogen-bond donors (Lipinski definition) is 0. The highest BCUT2D eigenvalue weighted by atomic mass is 16.5. The molecule has 1 aliphatic rings. The molecule has 23 heavy (non-hydrogen) atoms. The highest BCUT2D eigenvalue weighted by molar-refractivity contribution is 6.09. The number of benzene rings is 2. The second-order valence-corrected chi connectivity index (χ2v) is 5.96. The highest BCUT2D eigenvalue weighted by Gasteiger charge is 2.26. The van der Waals surface area contributed by atoms with Gasteiger partial charge in [0, 0.05) is 36.3 Å². The maximum Gasteiger partial charge on any atom is 0.292 e. The van der Waals surface area contributed by atoms with Crippen molar-refractivity contribution in [2.45, 2.75) is 13.7 Å². The molecule has 0 radical (unpaired) electrons. The molecule has 3 nitrogen and oxygen atoms in total. The van der Waals surface area contributed by atoms with Crippen LogP contribution in [0.2, 0.25) is 0 Å². The van der Waals surface area contributed by atoms with Crippen molar-refractivity contribution in [3.8, 4) is 16.9 Å². The Morgan fingerprint density at radius 1 is 0.913 bits per heavy atom. The van der Waals surface area contributed by atoms with Gasteiger partial charge in [-0.15, -0.1) is 0 Å². The Morgan fingerprint density at radius 3 is 2.52 bits per heavy atom. The Bertz CT molecular complexity index is 1070. The summed E-state index contributed by atoms with van der Waals surface area (Å²) in [7, 11) is 0. The number of hydrogen-bond acceptors (Lipinski definition) is 2. The highest BCUT2D eigenvalue weighted by Crippen LogP contribution is 2.41. The van der Waals surface area contributed by atoms with Gasteiger partial charge in [0.15, 0.2) is 5.69 Å². The quantitative estimate of drug-likeness (QED) is 0.392. The van der Waals surface area contributed by atoms with E-state index in [1.807, 2.05) is 24.5 Å². The summed E-state index contributed by atoms with van der Waals surface area (Å²) in [6, 6.07) is 17.1. The van der Waals surface area contributed by atoms with E-state index in [0.717, 1.165) is 16.9 Å². The predicted molar refractivity (Wildman–Crippen MR) is 90.2 cm³/mol. The normalized spacial score (nSPS) is 12.7. The van der Waals surface area contributed by atoms with Crippen LogP contribution in [0.5, 0.6) is 5.75 Å². The molecule has 4 aromatic rings. The van der Waals surface area contributed by atoms with E-state index in [1.54, 1.807) is 0 Å². The molecule has 1 aliphatic heterocycles. The largest absolute Gasteiger partial charge is 0.434 e. The molecule has 3 heterocycles. The molecule has 0 bridgehead atoms. The average Bonchev–Trinajstić information content (AvgIpc) is 2.62. The number of nitrogens with zero attached hydrogens (tertiary/aromatic N) is 2. The van der Waals surface area contributed by atoms with Gasteiger partial charge in [-0.3, -0.25) is 4.98 Å². The van der Waals surface area contributed by atoms with Crippen molar-refractivity contribution < 1.29 is 9.30 Å². The summed E-state index contributed by atoms with van der Waals surface area (Å²) in [5, 5.41) is 3.66. The molecule has 110 valence electrons. The molecule has 0 atom stereocenters. The Kier molecular flexibility index (Phi) is 2.48.